The van der Waals surface area contributed by atoms with Gasteiger partial charge in [-0.15, -0.1) is 0 Å². The van der Waals surface area contributed by atoms with Gasteiger partial charge >= 0.3 is 0 Å². The lowest BCUT2D eigenvalue weighted by Crippen LogP contribution is -2.36. The number of hydrogen-bond acceptors (Lipinski definition) is 3. The van der Waals surface area contributed by atoms with Crippen LogP contribution in [0.15, 0.2) is 30.3 Å². The Morgan fingerprint density at radius 1 is 1.44 bits per heavy atom. The van der Waals surface area contributed by atoms with Crippen molar-refractivity contribution in [1.29, 1.82) is 0 Å². The summed E-state index contributed by atoms with van der Waals surface area (Å²) >= 11 is 0. The Kier molecular flexibility index (Phi) is 5.39. The largest absolute Gasteiger partial charge is 0.497 e. The summed E-state index contributed by atoms with van der Waals surface area (Å²) < 4.78 is 5.05. The van der Waals surface area contributed by atoms with Gasteiger partial charge in [0.2, 0.25) is 5.91 Å². The van der Waals surface area contributed by atoms with Crippen LogP contribution in [-0.2, 0) is 4.79 Å². The minimum absolute atomic E-state index is 0.0430. The lowest BCUT2D eigenvalue weighted by atomic mass is 10.2. The zero-order valence-electron chi connectivity index (χ0n) is 11.0. The zero-order chi connectivity index (χ0) is 13.5. The van der Waals surface area contributed by atoms with Crippen LogP contribution >= 0.6 is 0 Å². The van der Waals surface area contributed by atoms with Gasteiger partial charge in [-0.2, -0.15) is 0 Å². The van der Waals surface area contributed by atoms with Gasteiger partial charge in [0.1, 0.15) is 5.75 Å². The van der Waals surface area contributed by atoms with Crippen molar-refractivity contribution in [2.45, 2.75) is 13.0 Å². The molecule has 0 saturated carbocycles. The number of carbonyl (C=O) groups excluding carboxylic acids is 1. The summed E-state index contributed by atoms with van der Waals surface area (Å²) in [4.78, 5) is 13.2. The average molecular weight is 249 g/mol. The van der Waals surface area contributed by atoms with E-state index in [1.165, 1.54) is 11.0 Å². The summed E-state index contributed by atoms with van der Waals surface area (Å²) in [5.74, 6) is 0.650. The number of carbonyl (C=O) groups is 1. The van der Waals surface area contributed by atoms with Gasteiger partial charge in [-0.3, -0.25) is 4.79 Å². The lowest BCUT2D eigenvalue weighted by Gasteiger charge is -2.21. The molecule has 98 valence electrons. The van der Waals surface area contributed by atoms with Gasteiger partial charge in [0.05, 0.1) is 19.8 Å². The highest BCUT2D eigenvalue weighted by atomic mass is 16.5. The third kappa shape index (κ3) is 3.89. The van der Waals surface area contributed by atoms with Gasteiger partial charge in [-0.05, 0) is 30.7 Å². The van der Waals surface area contributed by atoms with Crippen molar-refractivity contribution in [1.82, 2.24) is 4.90 Å². The van der Waals surface area contributed by atoms with Gasteiger partial charge in [0.15, 0.2) is 0 Å². The molecule has 0 saturated heterocycles. The molecule has 0 spiro atoms. The van der Waals surface area contributed by atoms with Crippen molar-refractivity contribution in [3.05, 3.63) is 35.9 Å². The highest BCUT2D eigenvalue weighted by molar-refractivity contribution is 5.91. The van der Waals surface area contributed by atoms with Crippen molar-refractivity contribution in [2.24, 2.45) is 0 Å². The van der Waals surface area contributed by atoms with Crippen LogP contribution in [0.3, 0.4) is 0 Å². The third-order valence-corrected chi connectivity index (χ3v) is 2.81. The minimum Gasteiger partial charge on any atom is -0.497 e. The van der Waals surface area contributed by atoms with Crippen LogP contribution in [0.25, 0.3) is 6.08 Å². The van der Waals surface area contributed by atoms with Gasteiger partial charge in [0.25, 0.3) is 0 Å². The van der Waals surface area contributed by atoms with Crippen LogP contribution in [-0.4, -0.2) is 42.7 Å². The molecule has 1 rings (SSSR count). The van der Waals surface area contributed by atoms with E-state index in [9.17, 15) is 4.79 Å². The predicted octanol–water partition coefficient (Wildman–Crippen LogP) is 1.55. The molecule has 1 atom stereocenters. The molecular weight excluding hydrogens is 230 g/mol. The van der Waals surface area contributed by atoms with E-state index in [0.29, 0.717) is 0 Å². The summed E-state index contributed by atoms with van der Waals surface area (Å²) in [5.41, 5.74) is 0.925. The number of rotatable bonds is 5. The molecule has 0 aliphatic carbocycles. The van der Waals surface area contributed by atoms with Gasteiger partial charge < -0.3 is 14.7 Å². The highest BCUT2D eigenvalue weighted by Crippen LogP contribution is 2.12. The number of amides is 1. The summed E-state index contributed by atoms with van der Waals surface area (Å²) in [7, 11) is 3.28. The van der Waals surface area contributed by atoms with Crippen LogP contribution in [0.5, 0.6) is 5.75 Å². The highest BCUT2D eigenvalue weighted by Gasteiger charge is 2.11. The van der Waals surface area contributed by atoms with Crippen LogP contribution in [0.2, 0.25) is 0 Å². The smallest absolute Gasteiger partial charge is 0.246 e. The second kappa shape index (κ2) is 6.81. The van der Waals surface area contributed by atoms with Gasteiger partial charge in [-0.1, -0.05) is 12.1 Å². The second-order valence-electron chi connectivity index (χ2n) is 4.09. The fourth-order valence-corrected chi connectivity index (χ4v) is 1.34. The topological polar surface area (TPSA) is 49.8 Å². The molecule has 0 bridgehead atoms. The number of hydrogen-bond donors (Lipinski definition) is 1. The molecule has 4 heteroatoms. The molecule has 0 fully saturated rings. The molecule has 1 amide bonds. The number of methoxy groups -OCH3 is 1. The van der Waals surface area contributed by atoms with Crippen LogP contribution in [0, 0.1) is 0 Å². The fraction of sp³-hybridized carbons (Fsp3) is 0.357. The Labute approximate surface area is 107 Å². The maximum atomic E-state index is 11.7. The van der Waals surface area contributed by atoms with Crippen LogP contribution < -0.4 is 4.74 Å². The van der Waals surface area contributed by atoms with E-state index in [1.807, 2.05) is 24.3 Å². The van der Waals surface area contributed by atoms with Gasteiger partial charge in [-0.25, -0.2) is 0 Å². The van der Waals surface area contributed by atoms with Crippen molar-refractivity contribution in [2.75, 3.05) is 20.8 Å². The van der Waals surface area contributed by atoms with Gasteiger partial charge in [0, 0.05) is 13.1 Å². The van der Waals surface area contributed by atoms with E-state index in [0.717, 1.165) is 11.3 Å². The number of aliphatic hydroxyl groups is 1. The summed E-state index contributed by atoms with van der Waals surface area (Å²) in [5, 5.41) is 8.97. The first kappa shape index (κ1) is 14.3. The Balaban J connectivity index is 2.65. The number of nitrogens with zero attached hydrogens (tertiary/aromatic N) is 1. The Bertz CT molecular complexity index is 412. The predicted molar refractivity (Wildman–Crippen MR) is 71.3 cm³/mol. The van der Waals surface area contributed by atoms with Crippen LogP contribution in [0.4, 0.5) is 0 Å². The monoisotopic (exact) mass is 249 g/mol. The van der Waals surface area contributed by atoms with E-state index in [-0.39, 0.29) is 18.6 Å². The summed E-state index contributed by atoms with van der Waals surface area (Å²) in [6, 6.07) is 7.24. The second-order valence-corrected chi connectivity index (χ2v) is 4.09. The van der Waals surface area contributed by atoms with E-state index in [4.69, 9.17) is 9.84 Å². The normalized spacial score (nSPS) is 12.4. The molecule has 4 nitrogen and oxygen atoms in total. The Morgan fingerprint density at radius 3 is 2.56 bits per heavy atom. The standard InChI is InChI=1S/C14H19NO3/c1-11(10-16)15(2)14(17)9-6-12-4-7-13(18-3)8-5-12/h4-9,11,16H,10H2,1-3H3/b9-6+. The van der Waals surface area contributed by atoms with Crippen LogP contribution in [0.1, 0.15) is 12.5 Å². The molecule has 1 unspecified atom stereocenters. The Morgan fingerprint density at radius 2 is 2.06 bits per heavy atom. The number of likely N-dealkylation sites (N-methyl/N-ethyl adjacent to an activating group) is 1. The van der Waals surface area contributed by atoms with E-state index < -0.39 is 0 Å². The van der Waals surface area contributed by atoms with Crippen molar-refractivity contribution in [3.63, 3.8) is 0 Å². The molecule has 0 aromatic heterocycles. The maximum Gasteiger partial charge on any atom is 0.246 e. The average Bonchev–Trinajstić information content (AvgIpc) is 2.43. The molecule has 1 aromatic carbocycles. The zero-order valence-corrected chi connectivity index (χ0v) is 11.0. The first-order valence-electron chi connectivity index (χ1n) is 5.78. The van der Waals surface area contributed by atoms with E-state index >= 15 is 0 Å². The van der Waals surface area contributed by atoms with Crippen molar-refractivity contribution >= 4 is 12.0 Å². The van der Waals surface area contributed by atoms with E-state index in [2.05, 4.69) is 0 Å². The third-order valence-electron chi connectivity index (χ3n) is 2.81. The molecule has 1 N–H and O–H groups in total. The van der Waals surface area contributed by atoms with Crippen molar-refractivity contribution in [3.8, 4) is 5.75 Å². The summed E-state index contributed by atoms with van der Waals surface area (Å²) in [6.07, 6.45) is 3.23. The summed E-state index contributed by atoms with van der Waals surface area (Å²) in [6.45, 7) is 1.75. The SMILES string of the molecule is COc1ccc(/C=C/C(=O)N(C)C(C)CO)cc1. The molecular formula is C14H19NO3. The molecule has 0 heterocycles. The Hall–Kier alpha value is -1.81. The minimum atomic E-state index is -0.182. The maximum absolute atomic E-state index is 11.7. The number of benzene rings is 1. The molecule has 0 aliphatic rings. The molecule has 0 radical (unpaired) electrons. The molecule has 0 aliphatic heterocycles. The molecule has 1 aromatic rings. The first-order chi connectivity index (χ1) is 8.58. The van der Waals surface area contributed by atoms with Crippen molar-refractivity contribution < 1.29 is 14.6 Å². The fourth-order valence-electron chi connectivity index (χ4n) is 1.34. The van der Waals surface area contributed by atoms with E-state index in [1.54, 1.807) is 27.2 Å². The molecule has 18 heavy (non-hydrogen) atoms. The quantitative estimate of drug-likeness (QED) is 0.805. The number of aliphatic hydroxyl groups excluding tert-OH is 1. The first-order valence-corrected chi connectivity index (χ1v) is 5.78. The number of ether oxygens (including phenoxy) is 1. The lowest BCUT2D eigenvalue weighted by molar-refractivity contribution is -0.127.